The number of pyridine rings is 1. The SMILES string of the molecule is NC(=O)c1ccc(C(=O)NCCCN2CCNCC2)nc1. The minimum Gasteiger partial charge on any atom is -0.366 e. The minimum absolute atomic E-state index is 0.230. The second-order valence-electron chi connectivity index (χ2n) is 5.00. The Balaban J connectivity index is 1.70. The van der Waals surface area contributed by atoms with Gasteiger partial charge < -0.3 is 21.3 Å². The highest BCUT2D eigenvalue weighted by Gasteiger charge is 2.10. The highest BCUT2D eigenvalue weighted by atomic mass is 16.2. The fraction of sp³-hybridized carbons (Fsp3) is 0.500. The largest absolute Gasteiger partial charge is 0.366 e. The minimum atomic E-state index is -0.550. The molecular formula is C14H21N5O2. The average molecular weight is 291 g/mol. The smallest absolute Gasteiger partial charge is 0.269 e. The summed E-state index contributed by atoms with van der Waals surface area (Å²) < 4.78 is 0. The van der Waals surface area contributed by atoms with Crippen molar-refractivity contribution in [3.63, 3.8) is 0 Å². The lowest BCUT2D eigenvalue weighted by molar-refractivity contribution is 0.0943. The molecule has 1 aliphatic rings. The fourth-order valence-corrected chi connectivity index (χ4v) is 2.20. The Labute approximate surface area is 123 Å². The molecule has 2 heterocycles. The van der Waals surface area contributed by atoms with Gasteiger partial charge in [0.15, 0.2) is 0 Å². The van der Waals surface area contributed by atoms with Crippen molar-refractivity contribution < 1.29 is 9.59 Å². The number of carbonyl (C=O) groups is 2. The van der Waals surface area contributed by atoms with Gasteiger partial charge in [-0.25, -0.2) is 0 Å². The van der Waals surface area contributed by atoms with Gasteiger partial charge in [-0.3, -0.25) is 14.6 Å². The number of hydrogen-bond donors (Lipinski definition) is 3. The summed E-state index contributed by atoms with van der Waals surface area (Å²) in [5.74, 6) is -0.781. The Morgan fingerprint density at radius 2 is 2.10 bits per heavy atom. The predicted octanol–water partition coefficient (Wildman–Crippen LogP) is -0.794. The van der Waals surface area contributed by atoms with Crippen LogP contribution in [0.4, 0.5) is 0 Å². The molecule has 0 unspecified atom stereocenters. The van der Waals surface area contributed by atoms with E-state index in [1.807, 2.05) is 0 Å². The van der Waals surface area contributed by atoms with Crippen LogP contribution in [0, 0.1) is 0 Å². The molecule has 0 bridgehead atoms. The number of hydrogen-bond acceptors (Lipinski definition) is 5. The van der Waals surface area contributed by atoms with E-state index in [4.69, 9.17) is 5.73 Å². The molecule has 7 nitrogen and oxygen atoms in total. The van der Waals surface area contributed by atoms with Gasteiger partial charge in [0.2, 0.25) is 5.91 Å². The van der Waals surface area contributed by atoms with Gasteiger partial charge in [-0.1, -0.05) is 0 Å². The van der Waals surface area contributed by atoms with Crippen LogP contribution in [0.1, 0.15) is 27.3 Å². The molecule has 0 atom stereocenters. The van der Waals surface area contributed by atoms with E-state index in [0.717, 1.165) is 39.1 Å². The molecule has 1 aromatic heterocycles. The van der Waals surface area contributed by atoms with Crippen molar-refractivity contribution in [1.82, 2.24) is 20.5 Å². The van der Waals surface area contributed by atoms with Gasteiger partial charge in [0.25, 0.3) is 5.91 Å². The van der Waals surface area contributed by atoms with Crippen LogP contribution in [0.3, 0.4) is 0 Å². The molecule has 0 saturated carbocycles. The van der Waals surface area contributed by atoms with Crippen LogP contribution in [0.15, 0.2) is 18.3 Å². The van der Waals surface area contributed by atoms with Crippen LogP contribution < -0.4 is 16.4 Å². The summed E-state index contributed by atoms with van der Waals surface area (Å²) in [6, 6.07) is 3.01. The molecule has 1 aromatic rings. The molecule has 0 aromatic carbocycles. The average Bonchev–Trinajstić information content (AvgIpc) is 2.52. The topological polar surface area (TPSA) is 100 Å². The maximum absolute atomic E-state index is 11.9. The number of nitrogens with two attached hydrogens (primary N) is 1. The number of piperazine rings is 1. The summed E-state index contributed by atoms with van der Waals surface area (Å²) in [4.78, 5) is 29.1. The van der Waals surface area contributed by atoms with E-state index in [2.05, 4.69) is 20.5 Å². The summed E-state index contributed by atoms with van der Waals surface area (Å²) >= 11 is 0. The lowest BCUT2D eigenvalue weighted by Crippen LogP contribution is -2.44. The van der Waals surface area contributed by atoms with Crippen molar-refractivity contribution in [2.75, 3.05) is 39.3 Å². The van der Waals surface area contributed by atoms with E-state index in [1.54, 1.807) is 0 Å². The second kappa shape index (κ2) is 7.70. The van der Waals surface area contributed by atoms with Crippen molar-refractivity contribution in [1.29, 1.82) is 0 Å². The fourth-order valence-electron chi connectivity index (χ4n) is 2.20. The zero-order valence-electron chi connectivity index (χ0n) is 12.0. The molecule has 4 N–H and O–H groups in total. The number of amides is 2. The number of nitrogens with zero attached hydrogens (tertiary/aromatic N) is 2. The van der Waals surface area contributed by atoms with Gasteiger partial charge in [-0.15, -0.1) is 0 Å². The van der Waals surface area contributed by atoms with Gasteiger partial charge >= 0.3 is 0 Å². The molecular weight excluding hydrogens is 270 g/mol. The van der Waals surface area contributed by atoms with E-state index in [1.165, 1.54) is 18.3 Å². The Morgan fingerprint density at radius 1 is 1.33 bits per heavy atom. The Kier molecular flexibility index (Phi) is 5.65. The molecule has 2 rings (SSSR count). The van der Waals surface area contributed by atoms with E-state index in [0.29, 0.717) is 17.8 Å². The Hall–Kier alpha value is -1.99. The van der Waals surface area contributed by atoms with Gasteiger partial charge in [-0.05, 0) is 25.1 Å². The summed E-state index contributed by atoms with van der Waals surface area (Å²) in [6.07, 6.45) is 2.23. The van der Waals surface area contributed by atoms with Gasteiger partial charge in [0.05, 0.1) is 5.56 Å². The summed E-state index contributed by atoms with van der Waals surface area (Å²) in [6.45, 7) is 5.77. The third kappa shape index (κ3) is 4.80. The number of primary amides is 1. The Morgan fingerprint density at radius 3 is 2.71 bits per heavy atom. The molecule has 0 radical (unpaired) electrons. The monoisotopic (exact) mass is 291 g/mol. The maximum Gasteiger partial charge on any atom is 0.269 e. The van der Waals surface area contributed by atoms with Crippen LogP contribution in [0.5, 0.6) is 0 Å². The predicted molar refractivity (Wildman–Crippen MR) is 79.0 cm³/mol. The molecule has 0 spiro atoms. The third-order valence-corrected chi connectivity index (χ3v) is 3.43. The van der Waals surface area contributed by atoms with Crippen LogP contribution in [-0.4, -0.2) is 61.0 Å². The van der Waals surface area contributed by atoms with Crippen LogP contribution in [0.2, 0.25) is 0 Å². The summed E-state index contributed by atoms with van der Waals surface area (Å²) in [7, 11) is 0. The molecule has 0 aliphatic carbocycles. The first-order chi connectivity index (χ1) is 10.2. The first kappa shape index (κ1) is 15.4. The van der Waals surface area contributed by atoms with Crippen LogP contribution >= 0.6 is 0 Å². The van der Waals surface area contributed by atoms with Crippen molar-refractivity contribution in [2.45, 2.75) is 6.42 Å². The molecule has 2 amide bonds. The van der Waals surface area contributed by atoms with Crippen molar-refractivity contribution >= 4 is 11.8 Å². The van der Waals surface area contributed by atoms with Gasteiger partial charge in [0.1, 0.15) is 5.69 Å². The number of carbonyl (C=O) groups excluding carboxylic acids is 2. The Bertz CT molecular complexity index is 483. The number of rotatable bonds is 6. The first-order valence-corrected chi connectivity index (χ1v) is 7.14. The normalized spacial score (nSPS) is 15.6. The van der Waals surface area contributed by atoms with Gasteiger partial charge in [-0.2, -0.15) is 0 Å². The summed E-state index contributed by atoms with van der Waals surface area (Å²) in [5.41, 5.74) is 5.71. The molecule has 1 fully saturated rings. The second-order valence-corrected chi connectivity index (χ2v) is 5.00. The number of aromatic nitrogens is 1. The lowest BCUT2D eigenvalue weighted by atomic mass is 10.2. The molecule has 1 saturated heterocycles. The maximum atomic E-state index is 11.9. The highest BCUT2D eigenvalue weighted by molar-refractivity contribution is 5.95. The van der Waals surface area contributed by atoms with E-state index >= 15 is 0 Å². The number of nitrogens with one attached hydrogen (secondary N) is 2. The molecule has 21 heavy (non-hydrogen) atoms. The van der Waals surface area contributed by atoms with E-state index < -0.39 is 5.91 Å². The third-order valence-electron chi connectivity index (χ3n) is 3.43. The summed E-state index contributed by atoms with van der Waals surface area (Å²) in [5, 5.41) is 6.13. The molecule has 114 valence electrons. The van der Waals surface area contributed by atoms with Crippen LogP contribution in [-0.2, 0) is 0 Å². The quantitative estimate of drug-likeness (QED) is 0.596. The molecule has 7 heteroatoms. The first-order valence-electron chi connectivity index (χ1n) is 7.14. The standard InChI is InChI=1S/C14H21N5O2/c15-13(20)11-2-3-12(18-10-11)14(21)17-4-1-7-19-8-5-16-6-9-19/h2-3,10,16H,1,4-9H2,(H2,15,20)(H,17,21). The lowest BCUT2D eigenvalue weighted by Gasteiger charge is -2.27. The van der Waals surface area contributed by atoms with Crippen molar-refractivity contribution in [3.8, 4) is 0 Å². The van der Waals surface area contributed by atoms with Gasteiger partial charge in [0, 0.05) is 38.9 Å². The molecule has 1 aliphatic heterocycles. The van der Waals surface area contributed by atoms with Crippen molar-refractivity contribution in [2.24, 2.45) is 5.73 Å². The highest BCUT2D eigenvalue weighted by Crippen LogP contribution is 2.00. The van der Waals surface area contributed by atoms with Crippen LogP contribution in [0.25, 0.3) is 0 Å². The van der Waals surface area contributed by atoms with Crippen molar-refractivity contribution in [3.05, 3.63) is 29.6 Å². The zero-order valence-corrected chi connectivity index (χ0v) is 12.0. The zero-order chi connectivity index (χ0) is 15.1. The van der Waals surface area contributed by atoms with E-state index in [-0.39, 0.29) is 5.91 Å². The van der Waals surface area contributed by atoms with E-state index in [9.17, 15) is 9.59 Å².